The molecule has 4 nitrogen and oxygen atoms in total. The van der Waals surface area contributed by atoms with E-state index in [-0.39, 0.29) is 0 Å². The first kappa shape index (κ1) is 12.9. The summed E-state index contributed by atoms with van der Waals surface area (Å²) in [5.41, 5.74) is 1.31. The Balaban J connectivity index is 1.78. The van der Waals surface area contributed by atoms with Gasteiger partial charge in [0.25, 0.3) is 0 Å². The Morgan fingerprint density at radius 2 is 2.00 bits per heavy atom. The van der Waals surface area contributed by atoms with Gasteiger partial charge in [-0.05, 0) is 29.9 Å². The zero-order valence-corrected chi connectivity index (χ0v) is 11.8. The van der Waals surface area contributed by atoms with E-state index in [1.54, 1.807) is 6.20 Å². The van der Waals surface area contributed by atoms with Crippen molar-refractivity contribution in [1.29, 1.82) is 0 Å². The smallest absolute Gasteiger partial charge is 0.0692 e. The zero-order chi connectivity index (χ0) is 13.8. The van der Waals surface area contributed by atoms with Gasteiger partial charge in [0.2, 0.25) is 0 Å². The molecule has 4 heteroatoms. The second-order valence-electron chi connectivity index (χ2n) is 5.31. The summed E-state index contributed by atoms with van der Waals surface area (Å²) < 4.78 is 4.29. The van der Waals surface area contributed by atoms with Crippen molar-refractivity contribution in [3.63, 3.8) is 0 Å². The fourth-order valence-electron chi connectivity index (χ4n) is 2.82. The number of benzene rings is 1. The number of aromatic nitrogens is 4. The lowest BCUT2D eigenvalue weighted by atomic mass is 10.0. The summed E-state index contributed by atoms with van der Waals surface area (Å²) in [6.45, 7) is 4.20. The number of rotatable bonds is 6. The third kappa shape index (κ3) is 2.74. The average molecular weight is 268 g/mol. The van der Waals surface area contributed by atoms with Gasteiger partial charge in [-0.25, -0.2) is 0 Å². The highest BCUT2D eigenvalue weighted by Crippen LogP contribution is 2.19. The molecule has 3 rings (SSSR count). The van der Waals surface area contributed by atoms with E-state index in [4.69, 9.17) is 0 Å². The van der Waals surface area contributed by atoms with Crippen molar-refractivity contribution in [3.8, 4) is 0 Å². The van der Waals surface area contributed by atoms with Gasteiger partial charge in [0, 0.05) is 31.0 Å². The summed E-state index contributed by atoms with van der Waals surface area (Å²) >= 11 is 0. The van der Waals surface area contributed by atoms with Crippen LogP contribution in [-0.2, 0) is 13.1 Å². The molecule has 3 aromatic rings. The van der Waals surface area contributed by atoms with E-state index in [0.29, 0.717) is 5.92 Å². The van der Waals surface area contributed by atoms with Crippen LogP contribution in [0.5, 0.6) is 0 Å². The molecule has 0 fully saturated rings. The number of fused-ring (bicyclic) bond motifs is 1. The quantitative estimate of drug-likeness (QED) is 0.687. The van der Waals surface area contributed by atoms with Gasteiger partial charge in [0.15, 0.2) is 0 Å². The fraction of sp³-hybridized carbons (Fsp3) is 0.375. The molecular weight excluding hydrogens is 248 g/mol. The van der Waals surface area contributed by atoms with Crippen LogP contribution in [0.1, 0.15) is 19.8 Å². The van der Waals surface area contributed by atoms with Crippen LogP contribution in [-0.4, -0.2) is 19.6 Å². The van der Waals surface area contributed by atoms with Gasteiger partial charge in [-0.1, -0.05) is 36.8 Å². The summed E-state index contributed by atoms with van der Waals surface area (Å²) in [5.74, 6) is 0.581. The standard InChI is InChI=1S/C16H20N4/c1-2-5-14(13-20-11-9-17-18-20)12-19-10-8-15-6-3-4-7-16(15)19/h3-4,6-11,14H,2,5,12-13H2,1H3. The van der Waals surface area contributed by atoms with Gasteiger partial charge in [0.05, 0.1) is 6.20 Å². The minimum atomic E-state index is 0.581. The fourth-order valence-corrected chi connectivity index (χ4v) is 2.82. The van der Waals surface area contributed by atoms with Crippen molar-refractivity contribution < 1.29 is 0 Å². The molecule has 20 heavy (non-hydrogen) atoms. The summed E-state index contributed by atoms with van der Waals surface area (Å²) in [6.07, 6.45) is 8.27. The molecule has 0 aliphatic rings. The molecule has 1 unspecified atom stereocenters. The summed E-state index contributed by atoms with van der Waals surface area (Å²) in [6, 6.07) is 10.7. The molecule has 0 saturated carbocycles. The Hall–Kier alpha value is -2.10. The van der Waals surface area contributed by atoms with Crippen molar-refractivity contribution in [1.82, 2.24) is 19.6 Å². The van der Waals surface area contributed by atoms with E-state index < -0.39 is 0 Å². The Bertz CT molecular complexity index is 654. The van der Waals surface area contributed by atoms with E-state index in [1.807, 2.05) is 10.9 Å². The Labute approximate surface area is 119 Å². The van der Waals surface area contributed by atoms with Gasteiger partial charge in [0.1, 0.15) is 0 Å². The van der Waals surface area contributed by atoms with E-state index in [9.17, 15) is 0 Å². The first-order valence-corrected chi connectivity index (χ1v) is 7.25. The lowest BCUT2D eigenvalue weighted by Crippen LogP contribution is -2.17. The largest absolute Gasteiger partial charge is 0.347 e. The monoisotopic (exact) mass is 268 g/mol. The molecule has 2 heterocycles. The SMILES string of the molecule is CCCC(Cn1ccnn1)Cn1ccc2ccccc21. The summed E-state index contributed by atoms with van der Waals surface area (Å²) in [4.78, 5) is 0. The second-order valence-corrected chi connectivity index (χ2v) is 5.31. The summed E-state index contributed by atoms with van der Waals surface area (Å²) in [5, 5.41) is 9.28. The minimum absolute atomic E-state index is 0.581. The first-order valence-electron chi connectivity index (χ1n) is 7.25. The highest BCUT2D eigenvalue weighted by atomic mass is 15.4. The van der Waals surface area contributed by atoms with E-state index in [1.165, 1.54) is 23.7 Å². The molecule has 0 aliphatic heterocycles. The highest BCUT2D eigenvalue weighted by molar-refractivity contribution is 5.79. The molecule has 0 amide bonds. The average Bonchev–Trinajstić information content (AvgIpc) is 3.10. The van der Waals surface area contributed by atoms with Gasteiger partial charge in [-0.3, -0.25) is 4.68 Å². The lowest BCUT2D eigenvalue weighted by Gasteiger charge is -2.17. The van der Waals surface area contributed by atoms with Crippen molar-refractivity contribution in [2.24, 2.45) is 5.92 Å². The molecule has 0 N–H and O–H groups in total. The molecule has 2 aromatic heterocycles. The third-order valence-electron chi connectivity index (χ3n) is 3.75. The molecule has 0 spiro atoms. The van der Waals surface area contributed by atoms with Crippen LogP contribution in [0.25, 0.3) is 10.9 Å². The van der Waals surface area contributed by atoms with Gasteiger partial charge in [-0.15, -0.1) is 5.10 Å². The Morgan fingerprint density at radius 1 is 1.10 bits per heavy atom. The van der Waals surface area contributed by atoms with Gasteiger partial charge in [-0.2, -0.15) is 0 Å². The normalized spacial score (nSPS) is 12.8. The molecular formula is C16H20N4. The molecule has 104 valence electrons. The van der Waals surface area contributed by atoms with E-state index in [0.717, 1.165) is 13.1 Å². The van der Waals surface area contributed by atoms with Crippen LogP contribution in [0, 0.1) is 5.92 Å². The minimum Gasteiger partial charge on any atom is -0.347 e. The maximum atomic E-state index is 4.09. The first-order chi connectivity index (χ1) is 9.86. The molecule has 0 bridgehead atoms. The number of hydrogen-bond acceptors (Lipinski definition) is 2. The Kier molecular flexibility index (Phi) is 3.81. The predicted octanol–water partition coefficient (Wildman–Crippen LogP) is 3.35. The van der Waals surface area contributed by atoms with Gasteiger partial charge < -0.3 is 4.57 Å². The van der Waals surface area contributed by atoms with Crippen molar-refractivity contribution in [2.45, 2.75) is 32.9 Å². The van der Waals surface area contributed by atoms with Crippen LogP contribution >= 0.6 is 0 Å². The van der Waals surface area contributed by atoms with Crippen LogP contribution in [0.4, 0.5) is 0 Å². The molecule has 1 atom stereocenters. The maximum Gasteiger partial charge on any atom is 0.0692 e. The lowest BCUT2D eigenvalue weighted by molar-refractivity contribution is 0.344. The highest BCUT2D eigenvalue weighted by Gasteiger charge is 2.11. The van der Waals surface area contributed by atoms with Crippen molar-refractivity contribution in [2.75, 3.05) is 0 Å². The number of hydrogen-bond donors (Lipinski definition) is 0. The third-order valence-corrected chi connectivity index (χ3v) is 3.75. The van der Waals surface area contributed by atoms with E-state index >= 15 is 0 Å². The van der Waals surface area contributed by atoms with Gasteiger partial charge >= 0.3 is 0 Å². The van der Waals surface area contributed by atoms with E-state index in [2.05, 4.69) is 58.3 Å². The van der Waals surface area contributed by atoms with Crippen molar-refractivity contribution in [3.05, 3.63) is 48.9 Å². The molecule has 0 saturated heterocycles. The molecule has 0 aliphatic carbocycles. The predicted molar refractivity (Wildman–Crippen MR) is 80.4 cm³/mol. The molecule has 1 aromatic carbocycles. The number of para-hydroxylation sites is 1. The van der Waals surface area contributed by atoms with Crippen LogP contribution in [0.3, 0.4) is 0 Å². The number of nitrogens with zero attached hydrogens (tertiary/aromatic N) is 4. The van der Waals surface area contributed by atoms with Crippen LogP contribution in [0.2, 0.25) is 0 Å². The maximum absolute atomic E-state index is 4.09. The Morgan fingerprint density at radius 3 is 2.80 bits per heavy atom. The van der Waals surface area contributed by atoms with Crippen LogP contribution < -0.4 is 0 Å². The molecule has 0 radical (unpaired) electrons. The van der Waals surface area contributed by atoms with Crippen LogP contribution in [0.15, 0.2) is 48.9 Å². The van der Waals surface area contributed by atoms with Crippen molar-refractivity contribution >= 4 is 10.9 Å². The zero-order valence-electron chi connectivity index (χ0n) is 11.8. The second kappa shape index (κ2) is 5.90. The summed E-state index contributed by atoms with van der Waals surface area (Å²) in [7, 11) is 0. The topological polar surface area (TPSA) is 35.6 Å².